The zero-order valence-corrected chi connectivity index (χ0v) is 10.9. The van der Waals surface area contributed by atoms with Gasteiger partial charge < -0.3 is 10.1 Å². The van der Waals surface area contributed by atoms with Crippen LogP contribution in [-0.2, 0) is 0 Å². The Labute approximate surface area is 114 Å². The summed E-state index contributed by atoms with van der Waals surface area (Å²) < 4.78 is 6.87. The van der Waals surface area contributed by atoms with Gasteiger partial charge in [0.1, 0.15) is 16.7 Å². The second kappa shape index (κ2) is 4.78. The van der Waals surface area contributed by atoms with Gasteiger partial charge in [-0.2, -0.15) is 9.61 Å². The highest BCUT2D eigenvalue weighted by Crippen LogP contribution is 2.23. The van der Waals surface area contributed by atoms with Crippen molar-refractivity contribution in [3.63, 3.8) is 0 Å². The van der Waals surface area contributed by atoms with Crippen LogP contribution in [0.25, 0.3) is 5.65 Å². The topological polar surface area (TPSA) is 51.5 Å². The van der Waals surface area contributed by atoms with Gasteiger partial charge in [-0.1, -0.05) is 17.7 Å². The van der Waals surface area contributed by atoms with Crippen LogP contribution in [0.15, 0.2) is 42.6 Å². The fraction of sp³-hybridized carbons (Fsp3) is 0.0769. The largest absolute Gasteiger partial charge is 0.497 e. The van der Waals surface area contributed by atoms with Crippen molar-refractivity contribution in [3.8, 4) is 5.75 Å². The third-order valence-electron chi connectivity index (χ3n) is 2.67. The summed E-state index contributed by atoms with van der Waals surface area (Å²) in [7, 11) is 1.63. The Kier molecular flexibility index (Phi) is 2.97. The molecule has 6 heteroatoms. The second-order valence-electron chi connectivity index (χ2n) is 3.92. The average Bonchev–Trinajstić information content (AvgIpc) is 2.87. The number of hydrogen-bond acceptors (Lipinski definition) is 4. The molecule has 0 atom stereocenters. The van der Waals surface area contributed by atoms with Gasteiger partial charge in [0.25, 0.3) is 0 Å². The first-order valence-corrected chi connectivity index (χ1v) is 6.05. The predicted molar refractivity (Wildman–Crippen MR) is 74.3 cm³/mol. The highest BCUT2D eigenvalue weighted by atomic mass is 35.5. The summed E-state index contributed by atoms with van der Waals surface area (Å²) >= 11 is 5.99. The van der Waals surface area contributed by atoms with Crippen molar-refractivity contribution in [2.24, 2.45) is 0 Å². The van der Waals surface area contributed by atoms with Crippen LogP contribution in [0.5, 0.6) is 5.75 Å². The molecule has 0 spiro atoms. The molecule has 19 heavy (non-hydrogen) atoms. The van der Waals surface area contributed by atoms with Gasteiger partial charge in [-0.15, -0.1) is 0 Å². The minimum Gasteiger partial charge on any atom is -0.497 e. The highest BCUT2D eigenvalue weighted by Gasteiger charge is 2.06. The highest BCUT2D eigenvalue weighted by molar-refractivity contribution is 6.29. The van der Waals surface area contributed by atoms with Crippen molar-refractivity contribution in [1.29, 1.82) is 0 Å². The van der Waals surface area contributed by atoms with E-state index in [9.17, 15) is 0 Å². The first-order valence-electron chi connectivity index (χ1n) is 5.67. The maximum absolute atomic E-state index is 5.99. The number of fused-ring (bicyclic) bond motifs is 1. The molecule has 5 nitrogen and oxygen atoms in total. The lowest BCUT2D eigenvalue weighted by molar-refractivity contribution is 0.415. The minimum absolute atomic E-state index is 0.415. The van der Waals surface area contributed by atoms with Crippen molar-refractivity contribution < 1.29 is 4.74 Å². The third-order valence-corrected chi connectivity index (χ3v) is 2.86. The Morgan fingerprint density at radius 2 is 2.16 bits per heavy atom. The summed E-state index contributed by atoms with van der Waals surface area (Å²) in [6.07, 6.45) is 1.68. The lowest BCUT2D eigenvalue weighted by Gasteiger charge is -2.09. The number of ether oxygens (including phenoxy) is 1. The van der Waals surface area contributed by atoms with Crippen LogP contribution in [-0.4, -0.2) is 21.7 Å². The molecule has 1 N–H and O–H groups in total. The van der Waals surface area contributed by atoms with E-state index in [1.807, 2.05) is 24.3 Å². The van der Waals surface area contributed by atoms with E-state index >= 15 is 0 Å². The number of aromatic nitrogens is 3. The first-order chi connectivity index (χ1) is 9.26. The number of methoxy groups -OCH3 is 1. The lowest BCUT2D eigenvalue weighted by atomic mass is 10.3. The summed E-state index contributed by atoms with van der Waals surface area (Å²) in [5.41, 5.74) is 1.58. The lowest BCUT2D eigenvalue weighted by Crippen LogP contribution is -2.01. The Hall–Kier alpha value is -2.27. The summed E-state index contributed by atoms with van der Waals surface area (Å²) in [5.74, 6) is 1.52. The molecule has 0 radical (unpaired) electrons. The smallest absolute Gasteiger partial charge is 0.159 e. The van der Waals surface area contributed by atoms with Gasteiger partial charge in [0, 0.05) is 23.9 Å². The molecule has 0 fully saturated rings. The molecule has 0 unspecified atom stereocenters. The van der Waals surface area contributed by atoms with Gasteiger partial charge in [-0.05, 0) is 12.1 Å². The Bertz CT molecular complexity index is 725. The van der Waals surface area contributed by atoms with Crippen molar-refractivity contribution in [2.75, 3.05) is 12.4 Å². The average molecular weight is 275 g/mol. The van der Waals surface area contributed by atoms with E-state index in [0.29, 0.717) is 10.8 Å². The molecule has 3 aromatic rings. The van der Waals surface area contributed by atoms with Gasteiger partial charge in [0.15, 0.2) is 5.65 Å². The zero-order valence-electron chi connectivity index (χ0n) is 10.2. The number of hydrogen-bond donors (Lipinski definition) is 1. The molecule has 0 aliphatic rings. The number of anilines is 2. The number of benzene rings is 1. The molecule has 0 saturated carbocycles. The number of rotatable bonds is 3. The van der Waals surface area contributed by atoms with Crippen LogP contribution in [0.1, 0.15) is 0 Å². The molecule has 2 aromatic heterocycles. The van der Waals surface area contributed by atoms with Crippen LogP contribution < -0.4 is 10.1 Å². The fourth-order valence-electron chi connectivity index (χ4n) is 1.82. The molecular formula is C13H11ClN4O. The summed E-state index contributed by atoms with van der Waals surface area (Å²) in [5, 5.41) is 7.86. The van der Waals surface area contributed by atoms with Crippen LogP contribution in [0.2, 0.25) is 5.15 Å². The summed E-state index contributed by atoms with van der Waals surface area (Å²) in [6, 6.07) is 11.1. The quantitative estimate of drug-likeness (QED) is 0.746. The van der Waals surface area contributed by atoms with Crippen molar-refractivity contribution >= 4 is 28.8 Å². The zero-order chi connectivity index (χ0) is 13.2. The number of nitrogens with one attached hydrogen (secondary N) is 1. The summed E-state index contributed by atoms with van der Waals surface area (Å²) in [6.45, 7) is 0. The van der Waals surface area contributed by atoms with Crippen LogP contribution in [0, 0.1) is 0 Å². The van der Waals surface area contributed by atoms with Crippen molar-refractivity contribution in [1.82, 2.24) is 14.6 Å². The van der Waals surface area contributed by atoms with Crippen molar-refractivity contribution in [2.45, 2.75) is 0 Å². The standard InChI is InChI=1S/C13H11ClN4O/c1-19-10-4-2-3-9(7-10)16-13-8-11(14)17-12-5-6-15-18(12)13/h2-8,16H,1H3. The molecule has 3 rings (SSSR count). The maximum atomic E-state index is 5.99. The van der Waals surface area contributed by atoms with E-state index in [1.54, 1.807) is 30.0 Å². The van der Waals surface area contributed by atoms with E-state index in [-0.39, 0.29) is 0 Å². The SMILES string of the molecule is COc1cccc(Nc2cc(Cl)nc3ccnn23)c1. The van der Waals surface area contributed by atoms with Crippen LogP contribution in [0.4, 0.5) is 11.5 Å². The molecule has 0 aliphatic carbocycles. The molecule has 0 bridgehead atoms. The van der Waals surface area contributed by atoms with E-state index in [0.717, 1.165) is 17.3 Å². The number of halogens is 1. The monoisotopic (exact) mass is 274 g/mol. The van der Waals surface area contributed by atoms with Gasteiger partial charge in [-0.3, -0.25) is 0 Å². The molecule has 0 aliphatic heterocycles. The molecule has 0 amide bonds. The normalized spacial score (nSPS) is 10.6. The molecular weight excluding hydrogens is 264 g/mol. The minimum atomic E-state index is 0.415. The van der Waals surface area contributed by atoms with Crippen LogP contribution >= 0.6 is 11.6 Å². The van der Waals surface area contributed by atoms with Crippen molar-refractivity contribution in [3.05, 3.63) is 47.7 Å². The maximum Gasteiger partial charge on any atom is 0.159 e. The number of nitrogens with zero attached hydrogens (tertiary/aromatic N) is 3. The second-order valence-corrected chi connectivity index (χ2v) is 4.31. The Morgan fingerprint density at radius 1 is 1.26 bits per heavy atom. The van der Waals surface area contributed by atoms with Gasteiger partial charge >= 0.3 is 0 Å². The fourth-order valence-corrected chi connectivity index (χ4v) is 2.01. The van der Waals surface area contributed by atoms with Gasteiger partial charge in [0.05, 0.1) is 13.3 Å². The molecule has 2 heterocycles. The molecule has 1 aromatic carbocycles. The van der Waals surface area contributed by atoms with E-state index < -0.39 is 0 Å². The van der Waals surface area contributed by atoms with E-state index in [2.05, 4.69) is 15.4 Å². The van der Waals surface area contributed by atoms with Gasteiger partial charge in [-0.25, -0.2) is 4.98 Å². The third kappa shape index (κ3) is 2.32. The first kappa shape index (κ1) is 11.8. The molecule has 0 saturated heterocycles. The van der Waals surface area contributed by atoms with E-state index in [1.165, 1.54) is 0 Å². The molecule has 96 valence electrons. The van der Waals surface area contributed by atoms with Crippen LogP contribution in [0.3, 0.4) is 0 Å². The predicted octanol–water partition coefficient (Wildman–Crippen LogP) is 3.13. The Balaban J connectivity index is 2.02. The summed E-state index contributed by atoms with van der Waals surface area (Å²) in [4.78, 5) is 4.17. The van der Waals surface area contributed by atoms with Gasteiger partial charge in [0.2, 0.25) is 0 Å². The Morgan fingerprint density at radius 3 is 3.00 bits per heavy atom. The van der Waals surface area contributed by atoms with E-state index in [4.69, 9.17) is 16.3 Å².